The lowest BCUT2D eigenvalue weighted by atomic mass is 9.84. The van der Waals surface area contributed by atoms with Crippen molar-refractivity contribution >= 4 is 15.9 Å². The summed E-state index contributed by atoms with van der Waals surface area (Å²) < 4.78 is 51.5. The molecule has 1 saturated carbocycles. The Hall–Kier alpha value is -1.53. The van der Waals surface area contributed by atoms with Crippen LogP contribution in [-0.2, 0) is 17.5 Å². The summed E-state index contributed by atoms with van der Waals surface area (Å²) in [6.45, 7) is 1.41. The fourth-order valence-corrected chi connectivity index (χ4v) is 4.57. The molecule has 30 heavy (non-hydrogen) atoms. The van der Waals surface area contributed by atoms with Crippen molar-refractivity contribution in [2.75, 3.05) is 6.61 Å². The maximum absolute atomic E-state index is 13.3. The third-order valence-electron chi connectivity index (χ3n) is 5.61. The van der Waals surface area contributed by atoms with Gasteiger partial charge in [0, 0.05) is 11.1 Å². The van der Waals surface area contributed by atoms with Crippen LogP contribution in [0.5, 0.6) is 5.75 Å². The molecule has 0 spiro atoms. The van der Waals surface area contributed by atoms with Crippen LogP contribution in [0.15, 0.2) is 53.0 Å². The van der Waals surface area contributed by atoms with Gasteiger partial charge in [-0.3, -0.25) is 0 Å². The summed E-state index contributed by atoms with van der Waals surface area (Å²) in [5.41, 5.74) is 0.470. The third-order valence-corrected chi connectivity index (χ3v) is 6.27. The second-order valence-corrected chi connectivity index (χ2v) is 8.76. The van der Waals surface area contributed by atoms with Crippen LogP contribution in [0.3, 0.4) is 0 Å². The minimum absolute atomic E-state index is 0.0238. The highest BCUT2D eigenvalue weighted by Crippen LogP contribution is 2.42. The maximum Gasteiger partial charge on any atom is 0.421 e. The number of hydrogen-bond acceptors (Lipinski definition) is 2. The Labute approximate surface area is 184 Å². The first-order chi connectivity index (χ1) is 14.4. The van der Waals surface area contributed by atoms with E-state index in [1.165, 1.54) is 17.7 Å². The first-order valence-electron chi connectivity index (χ1n) is 10.6. The van der Waals surface area contributed by atoms with Crippen LogP contribution in [0.1, 0.15) is 56.1 Å². The molecule has 2 aromatic rings. The number of hydrogen-bond donors (Lipinski definition) is 0. The van der Waals surface area contributed by atoms with E-state index < -0.39 is 11.7 Å². The molecule has 0 radical (unpaired) electrons. The van der Waals surface area contributed by atoms with Crippen LogP contribution in [0.2, 0.25) is 0 Å². The van der Waals surface area contributed by atoms with Crippen LogP contribution >= 0.6 is 15.9 Å². The molecule has 0 N–H and O–H groups in total. The summed E-state index contributed by atoms with van der Waals surface area (Å²) in [5, 5.41) is 0. The van der Waals surface area contributed by atoms with Gasteiger partial charge >= 0.3 is 6.18 Å². The molecule has 0 aliphatic heterocycles. The zero-order valence-electron chi connectivity index (χ0n) is 17.0. The molecule has 1 aliphatic carbocycles. The van der Waals surface area contributed by atoms with E-state index in [0.717, 1.165) is 51.6 Å². The maximum atomic E-state index is 13.3. The number of ether oxygens (including phenoxy) is 2. The van der Waals surface area contributed by atoms with Crippen molar-refractivity contribution in [1.29, 1.82) is 0 Å². The van der Waals surface area contributed by atoms with Crippen LogP contribution < -0.4 is 4.74 Å². The lowest BCUT2D eigenvalue weighted by Crippen LogP contribution is -2.25. The third kappa shape index (κ3) is 7.02. The van der Waals surface area contributed by atoms with E-state index in [-0.39, 0.29) is 16.3 Å². The van der Waals surface area contributed by atoms with Crippen molar-refractivity contribution < 1.29 is 22.6 Å². The fourth-order valence-electron chi connectivity index (χ4n) is 4.00. The molecular formula is C24H28BrF3O2. The Bertz CT molecular complexity index is 772. The molecular weight excluding hydrogens is 457 g/mol. The summed E-state index contributed by atoms with van der Waals surface area (Å²) in [7, 11) is 0. The number of unbranched alkanes of at least 4 members (excludes halogenated alkanes) is 1. The van der Waals surface area contributed by atoms with Gasteiger partial charge in [-0.1, -0.05) is 65.2 Å². The van der Waals surface area contributed by atoms with E-state index in [2.05, 4.69) is 28.1 Å². The molecule has 2 nitrogen and oxygen atoms in total. The number of halogens is 4. The zero-order valence-corrected chi connectivity index (χ0v) is 18.6. The fraction of sp³-hybridized carbons (Fsp3) is 0.500. The summed E-state index contributed by atoms with van der Waals surface area (Å²) in [5.74, 6) is 0.555. The Morgan fingerprint density at radius 2 is 1.63 bits per heavy atom. The highest BCUT2D eigenvalue weighted by Gasteiger charge is 2.37. The number of benzene rings is 2. The van der Waals surface area contributed by atoms with E-state index in [1.54, 1.807) is 6.07 Å². The molecule has 0 aromatic heterocycles. The SMILES string of the molecule is FC(F)(F)c1c(Br)cccc1O[C@H]1CC[C@H](CCCCOCc2ccccc2)CC1. The monoisotopic (exact) mass is 484 g/mol. The summed E-state index contributed by atoms with van der Waals surface area (Å²) in [6.07, 6.45) is 2.34. The normalized spacial score (nSPS) is 19.6. The Balaban J connectivity index is 1.34. The lowest BCUT2D eigenvalue weighted by molar-refractivity contribution is -0.140. The summed E-state index contributed by atoms with van der Waals surface area (Å²) in [6, 6.07) is 14.5. The Morgan fingerprint density at radius 3 is 2.33 bits per heavy atom. The van der Waals surface area contributed by atoms with Crippen molar-refractivity contribution in [3.05, 3.63) is 64.1 Å². The molecule has 0 heterocycles. The first-order valence-corrected chi connectivity index (χ1v) is 11.4. The van der Waals surface area contributed by atoms with Crippen LogP contribution in [0.4, 0.5) is 13.2 Å². The predicted octanol–water partition coefficient (Wildman–Crippen LogP) is 7.79. The second kappa shape index (κ2) is 11.2. The molecule has 1 aliphatic rings. The Kier molecular flexibility index (Phi) is 8.63. The van der Waals surface area contributed by atoms with Crippen LogP contribution in [0, 0.1) is 5.92 Å². The van der Waals surface area contributed by atoms with E-state index in [4.69, 9.17) is 9.47 Å². The smallest absolute Gasteiger partial charge is 0.421 e. The largest absolute Gasteiger partial charge is 0.490 e. The van der Waals surface area contributed by atoms with E-state index in [9.17, 15) is 13.2 Å². The van der Waals surface area contributed by atoms with Gasteiger partial charge < -0.3 is 9.47 Å². The highest BCUT2D eigenvalue weighted by atomic mass is 79.9. The number of alkyl halides is 3. The molecule has 3 rings (SSSR count). The summed E-state index contributed by atoms with van der Waals surface area (Å²) in [4.78, 5) is 0. The van der Waals surface area contributed by atoms with Gasteiger partial charge in [0.2, 0.25) is 0 Å². The van der Waals surface area contributed by atoms with Crippen molar-refractivity contribution in [2.24, 2.45) is 5.92 Å². The van der Waals surface area contributed by atoms with Gasteiger partial charge in [0.1, 0.15) is 11.3 Å². The van der Waals surface area contributed by atoms with E-state index in [1.807, 2.05) is 18.2 Å². The average Bonchev–Trinajstić information content (AvgIpc) is 2.71. The quantitative estimate of drug-likeness (QED) is 0.338. The highest BCUT2D eigenvalue weighted by molar-refractivity contribution is 9.10. The zero-order chi connectivity index (χ0) is 21.4. The van der Waals surface area contributed by atoms with E-state index >= 15 is 0 Å². The lowest BCUT2D eigenvalue weighted by Gasteiger charge is -2.30. The molecule has 0 saturated heterocycles. The molecule has 0 bridgehead atoms. The van der Waals surface area contributed by atoms with Gasteiger partial charge in [0.25, 0.3) is 0 Å². The standard InChI is InChI=1S/C24H28BrF3O2/c25-21-10-6-11-22(23(21)24(26,27)28)30-20-14-12-18(13-15-20)7-4-5-16-29-17-19-8-2-1-3-9-19/h1-3,6,8-11,18,20H,4-5,7,12-17H2/t18-,20-. The first kappa shape index (κ1) is 23.1. The van der Waals surface area contributed by atoms with Gasteiger partial charge in [-0.15, -0.1) is 0 Å². The second-order valence-electron chi connectivity index (χ2n) is 7.91. The topological polar surface area (TPSA) is 18.5 Å². The summed E-state index contributed by atoms with van der Waals surface area (Å²) >= 11 is 3.01. The molecule has 0 atom stereocenters. The van der Waals surface area contributed by atoms with Gasteiger partial charge in [0.15, 0.2) is 0 Å². The average molecular weight is 485 g/mol. The van der Waals surface area contributed by atoms with Gasteiger partial charge in [0.05, 0.1) is 12.7 Å². The minimum Gasteiger partial charge on any atom is -0.490 e. The number of rotatable bonds is 9. The van der Waals surface area contributed by atoms with E-state index in [0.29, 0.717) is 12.5 Å². The van der Waals surface area contributed by atoms with Crippen molar-refractivity contribution in [2.45, 2.75) is 63.8 Å². The molecule has 1 fully saturated rings. The predicted molar refractivity (Wildman–Crippen MR) is 115 cm³/mol. The van der Waals surface area contributed by atoms with Crippen molar-refractivity contribution in [3.63, 3.8) is 0 Å². The minimum atomic E-state index is -4.44. The molecule has 0 unspecified atom stereocenters. The Morgan fingerprint density at radius 1 is 0.900 bits per heavy atom. The molecule has 0 amide bonds. The van der Waals surface area contributed by atoms with Crippen LogP contribution in [0.25, 0.3) is 0 Å². The van der Waals surface area contributed by atoms with Gasteiger partial charge in [-0.05, 0) is 55.7 Å². The van der Waals surface area contributed by atoms with Crippen molar-refractivity contribution in [3.8, 4) is 5.75 Å². The van der Waals surface area contributed by atoms with Crippen molar-refractivity contribution in [1.82, 2.24) is 0 Å². The molecule has 6 heteroatoms. The molecule has 2 aromatic carbocycles. The van der Waals surface area contributed by atoms with Gasteiger partial charge in [-0.2, -0.15) is 13.2 Å². The van der Waals surface area contributed by atoms with Crippen LogP contribution in [-0.4, -0.2) is 12.7 Å². The molecule has 164 valence electrons. The van der Waals surface area contributed by atoms with Gasteiger partial charge in [-0.25, -0.2) is 0 Å².